The Balaban J connectivity index is 2.14. The Morgan fingerprint density at radius 3 is 3.00 bits per heavy atom. The minimum atomic E-state index is 0.200. The molecule has 3 heteroatoms. The summed E-state index contributed by atoms with van der Waals surface area (Å²) in [6.07, 6.45) is 2.50. The van der Waals surface area contributed by atoms with E-state index < -0.39 is 0 Å². The van der Waals surface area contributed by atoms with Crippen LogP contribution in [0, 0.1) is 0 Å². The zero-order chi connectivity index (χ0) is 10.4. The summed E-state index contributed by atoms with van der Waals surface area (Å²) in [7, 11) is 2.08. The summed E-state index contributed by atoms with van der Waals surface area (Å²) in [6.45, 7) is 0.905. The number of para-hydroxylation sites is 1. The Labute approximate surface area is 89.3 Å². The lowest BCUT2D eigenvalue weighted by atomic mass is 10.1. The predicted octanol–water partition coefficient (Wildman–Crippen LogP) is 1.70. The van der Waals surface area contributed by atoms with Crippen LogP contribution in [0.15, 0.2) is 24.3 Å². The van der Waals surface area contributed by atoms with Gasteiger partial charge in [0, 0.05) is 13.6 Å². The van der Waals surface area contributed by atoms with Gasteiger partial charge in [0.1, 0.15) is 6.17 Å². The number of fused-ring (bicyclic) bond motifs is 2. The Hall–Kier alpha value is -1.51. The number of anilines is 1. The third-order valence-electron chi connectivity index (χ3n) is 3.44. The lowest BCUT2D eigenvalue weighted by molar-refractivity contribution is 0.0720. The van der Waals surface area contributed by atoms with E-state index in [-0.39, 0.29) is 12.1 Å². The van der Waals surface area contributed by atoms with Crippen molar-refractivity contribution in [2.24, 2.45) is 0 Å². The summed E-state index contributed by atoms with van der Waals surface area (Å²) in [5, 5.41) is 0. The normalized spacial score (nSPS) is 24.1. The summed E-state index contributed by atoms with van der Waals surface area (Å²) in [4.78, 5) is 16.4. The smallest absolute Gasteiger partial charge is 0.257 e. The summed E-state index contributed by atoms with van der Waals surface area (Å²) >= 11 is 0. The van der Waals surface area contributed by atoms with Gasteiger partial charge >= 0.3 is 0 Å². The topological polar surface area (TPSA) is 23.6 Å². The van der Waals surface area contributed by atoms with Crippen molar-refractivity contribution in [2.45, 2.75) is 19.0 Å². The minimum absolute atomic E-state index is 0.200. The molecule has 15 heavy (non-hydrogen) atoms. The second-order valence-electron chi connectivity index (χ2n) is 4.25. The van der Waals surface area contributed by atoms with E-state index in [9.17, 15) is 4.79 Å². The van der Waals surface area contributed by atoms with Crippen LogP contribution in [0.1, 0.15) is 23.2 Å². The molecule has 0 aliphatic carbocycles. The SMILES string of the molecule is CN1c2ccccc2C(=O)N2CCCC21. The van der Waals surface area contributed by atoms with E-state index >= 15 is 0 Å². The van der Waals surface area contributed by atoms with Crippen molar-refractivity contribution in [3.8, 4) is 0 Å². The molecular formula is C12H14N2O. The van der Waals surface area contributed by atoms with E-state index in [2.05, 4.69) is 11.9 Å². The molecular weight excluding hydrogens is 188 g/mol. The summed E-state index contributed by atoms with van der Waals surface area (Å²) < 4.78 is 0. The van der Waals surface area contributed by atoms with Gasteiger partial charge in [-0.25, -0.2) is 0 Å². The Bertz CT molecular complexity index is 416. The molecule has 1 amide bonds. The van der Waals surface area contributed by atoms with Gasteiger partial charge < -0.3 is 9.80 Å². The van der Waals surface area contributed by atoms with Crippen molar-refractivity contribution in [1.29, 1.82) is 0 Å². The van der Waals surface area contributed by atoms with Crippen molar-refractivity contribution in [1.82, 2.24) is 4.90 Å². The van der Waals surface area contributed by atoms with Crippen LogP contribution < -0.4 is 4.90 Å². The van der Waals surface area contributed by atoms with Gasteiger partial charge in [-0.2, -0.15) is 0 Å². The molecule has 1 atom stereocenters. The lowest BCUT2D eigenvalue weighted by Gasteiger charge is -2.39. The van der Waals surface area contributed by atoms with Crippen molar-refractivity contribution in [3.05, 3.63) is 29.8 Å². The number of carbonyl (C=O) groups is 1. The van der Waals surface area contributed by atoms with E-state index in [4.69, 9.17) is 0 Å². The second kappa shape index (κ2) is 2.99. The van der Waals surface area contributed by atoms with Crippen LogP contribution in [0.3, 0.4) is 0 Å². The molecule has 0 spiro atoms. The molecule has 1 aromatic rings. The number of amides is 1. The highest BCUT2D eigenvalue weighted by atomic mass is 16.2. The maximum absolute atomic E-state index is 12.1. The largest absolute Gasteiger partial charge is 0.354 e. The molecule has 0 radical (unpaired) electrons. The molecule has 1 unspecified atom stereocenters. The van der Waals surface area contributed by atoms with Crippen LogP contribution in [0.25, 0.3) is 0 Å². The maximum Gasteiger partial charge on any atom is 0.257 e. The first-order valence-electron chi connectivity index (χ1n) is 5.42. The summed E-state index contributed by atoms with van der Waals surface area (Å²) in [6, 6.07) is 7.87. The van der Waals surface area contributed by atoms with Gasteiger partial charge in [0.15, 0.2) is 0 Å². The summed E-state index contributed by atoms with van der Waals surface area (Å²) in [5.74, 6) is 0.200. The molecule has 1 saturated heterocycles. The van der Waals surface area contributed by atoms with Crippen molar-refractivity contribution >= 4 is 11.6 Å². The molecule has 2 aliphatic rings. The Morgan fingerprint density at radius 2 is 2.13 bits per heavy atom. The van der Waals surface area contributed by atoms with E-state index in [1.54, 1.807) is 0 Å². The number of rotatable bonds is 0. The molecule has 3 nitrogen and oxygen atoms in total. The zero-order valence-electron chi connectivity index (χ0n) is 8.81. The first kappa shape index (κ1) is 8.77. The maximum atomic E-state index is 12.1. The van der Waals surface area contributed by atoms with Crippen molar-refractivity contribution in [3.63, 3.8) is 0 Å². The van der Waals surface area contributed by atoms with E-state index in [1.807, 2.05) is 29.2 Å². The van der Waals surface area contributed by atoms with E-state index in [0.717, 1.165) is 30.6 Å². The van der Waals surface area contributed by atoms with Crippen LogP contribution in [-0.2, 0) is 0 Å². The number of carbonyl (C=O) groups excluding carboxylic acids is 1. The summed E-state index contributed by atoms with van der Waals surface area (Å²) in [5.41, 5.74) is 1.92. The molecule has 1 fully saturated rings. The quantitative estimate of drug-likeness (QED) is 0.639. The molecule has 78 valence electrons. The van der Waals surface area contributed by atoms with Crippen molar-refractivity contribution < 1.29 is 4.79 Å². The van der Waals surface area contributed by atoms with Gasteiger partial charge in [-0.15, -0.1) is 0 Å². The van der Waals surface area contributed by atoms with Gasteiger partial charge in [-0.1, -0.05) is 12.1 Å². The molecule has 3 rings (SSSR count). The highest BCUT2D eigenvalue weighted by molar-refractivity contribution is 6.02. The van der Waals surface area contributed by atoms with Gasteiger partial charge in [-0.05, 0) is 25.0 Å². The first-order chi connectivity index (χ1) is 7.29. The molecule has 2 heterocycles. The van der Waals surface area contributed by atoms with E-state index in [1.165, 1.54) is 0 Å². The number of hydrogen-bond acceptors (Lipinski definition) is 2. The third kappa shape index (κ3) is 1.09. The number of nitrogens with zero attached hydrogens (tertiary/aromatic N) is 2. The number of hydrogen-bond donors (Lipinski definition) is 0. The average Bonchev–Trinajstić information content (AvgIpc) is 2.75. The van der Waals surface area contributed by atoms with Crippen LogP contribution in [0.5, 0.6) is 0 Å². The predicted molar refractivity (Wildman–Crippen MR) is 58.9 cm³/mol. The first-order valence-corrected chi connectivity index (χ1v) is 5.42. The molecule has 2 aliphatic heterocycles. The van der Waals surface area contributed by atoms with Crippen molar-refractivity contribution in [2.75, 3.05) is 18.5 Å². The molecule has 0 bridgehead atoms. The second-order valence-corrected chi connectivity index (χ2v) is 4.25. The van der Waals surface area contributed by atoms with Crippen LogP contribution in [0.4, 0.5) is 5.69 Å². The average molecular weight is 202 g/mol. The van der Waals surface area contributed by atoms with Crippen LogP contribution in [0.2, 0.25) is 0 Å². The monoisotopic (exact) mass is 202 g/mol. The molecule has 0 aromatic heterocycles. The Kier molecular flexibility index (Phi) is 1.75. The van der Waals surface area contributed by atoms with Crippen LogP contribution in [-0.4, -0.2) is 30.6 Å². The fraction of sp³-hybridized carbons (Fsp3) is 0.417. The lowest BCUT2D eigenvalue weighted by Crippen LogP contribution is -2.50. The van der Waals surface area contributed by atoms with Gasteiger partial charge in [0.2, 0.25) is 0 Å². The molecule has 0 N–H and O–H groups in total. The third-order valence-corrected chi connectivity index (χ3v) is 3.44. The highest BCUT2D eigenvalue weighted by Gasteiger charge is 2.38. The van der Waals surface area contributed by atoms with Gasteiger partial charge in [0.25, 0.3) is 5.91 Å². The molecule has 1 aromatic carbocycles. The highest BCUT2D eigenvalue weighted by Crippen LogP contribution is 2.34. The fourth-order valence-corrected chi connectivity index (χ4v) is 2.67. The van der Waals surface area contributed by atoms with E-state index in [0.29, 0.717) is 0 Å². The fourth-order valence-electron chi connectivity index (χ4n) is 2.67. The number of benzene rings is 1. The standard InChI is InChI=1S/C12H14N2O/c1-13-10-6-3-2-5-9(10)12(15)14-8-4-7-11(13)14/h2-3,5-6,11H,4,7-8H2,1H3. The molecule has 0 saturated carbocycles. The Morgan fingerprint density at radius 1 is 1.33 bits per heavy atom. The zero-order valence-corrected chi connectivity index (χ0v) is 8.81. The van der Waals surface area contributed by atoms with Gasteiger partial charge in [0.05, 0.1) is 11.3 Å². The van der Waals surface area contributed by atoms with Gasteiger partial charge in [-0.3, -0.25) is 4.79 Å². The minimum Gasteiger partial charge on any atom is -0.354 e. The van der Waals surface area contributed by atoms with Crippen LogP contribution >= 0.6 is 0 Å².